The Balaban J connectivity index is 3.96. The zero-order chi connectivity index (χ0) is 8.69. The van der Waals surface area contributed by atoms with Gasteiger partial charge in [-0.05, 0) is 5.92 Å². The zero-order valence-electron chi connectivity index (χ0n) is 7.04. The molecular formula is C8H15NO2. The minimum absolute atomic E-state index is 0.276. The molecule has 1 atom stereocenters. The normalized spacial score (nSPS) is 12.6. The molecule has 1 N–H and O–H groups in total. The second-order valence-corrected chi connectivity index (χ2v) is 2.52. The molecule has 0 aliphatic heterocycles. The predicted octanol–water partition coefficient (Wildman–Crippen LogP) is 0.736. The molecule has 0 saturated heterocycles. The molecule has 0 aliphatic rings. The van der Waals surface area contributed by atoms with Crippen LogP contribution in [0.2, 0.25) is 0 Å². The Morgan fingerprint density at radius 3 is 2.09 bits per heavy atom. The van der Waals surface area contributed by atoms with Crippen molar-refractivity contribution >= 4 is 12.7 Å². The van der Waals surface area contributed by atoms with E-state index in [4.69, 9.17) is 0 Å². The first kappa shape index (κ1) is 10.1. The van der Waals surface area contributed by atoms with Crippen molar-refractivity contribution in [2.75, 3.05) is 0 Å². The molecule has 0 spiro atoms. The highest BCUT2D eigenvalue weighted by atomic mass is 16.1. The molecule has 3 nitrogen and oxygen atoms in total. The minimum Gasteiger partial charge on any atom is -0.349 e. The molecule has 0 heterocycles. The van der Waals surface area contributed by atoms with Crippen LogP contribution in [0.3, 0.4) is 0 Å². The number of hydrogen-bond donors (Lipinski definition) is 1. The van der Waals surface area contributed by atoms with E-state index in [1.54, 1.807) is 0 Å². The number of rotatable bonds is 6. The molecule has 1 amide bonds. The summed E-state index contributed by atoms with van der Waals surface area (Å²) in [5.74, 6) is 0.276. The maximum absolute atomic E-state index is 10.4. The van der Waals surface area contributed by atoms with Gasteiger partial charge in [-0.25, -0.2) is 0 Å². The van der Waals surface area contributed by atoms with Crippen LogP contribution in [0.4, 0.5) is 0 Å². The van der Waals surface area contributed by atoms with Crippen molar-refractivity contribution < 1.29 is 9.59 Å². The highest BCUT2D eigenvalue weighted by Crippen LogP contribution is 2.10. The smallest absolute Gasteiger partial charge is 0.207 e. The summed E-state index contributed by atoms with van der Waals surface area (Å²) < 4.78 is 0. The highest BCUT2D eigenvalue weighted by Gasteiger charge is 2.15. The topological polar surface area (TPSA) is 46.2 Å². The first-order chi connectivity index (χ1) is 5.29. The van der Waals surface area contributed by atoms with Gasteiger partial charge in [0.05, 0.1) is 6.04 Å². The van der Waals surface area contributed by atoms with Gasteiger partial charge in [-0.3, -0.25) is 4.79 Å². The average molecular weight is 157 g/mol. The number of amides is 1. The van der Waals surface area contributed by atoms with E-state index in [0.29, 0.717) is 6.41 Å². The van der Waals surface area contributed by atoms with E-state index in [-0.39, 0.29) is 12.0 Å². The summed E-state index contributed by atoms with van der Waals surface area (Å²) in [4.78, 5) is 20.5. The van der Waals surface area contributed by atoms with E-state index in [1.807, 2.05) is 13.8 Å². The largest absolute Gasteiger partial charge is 0.349 e. The first-order valence-corrected chi connectivity index (χ1v) is 3.95. The van der Waals surface area contributed by atoms with E-state index in [9.17, 15) is 9.59 Å². The summed E-state index contributed by atoms with van der Waals surface area (Å²) in [5.41, 5.74) is 0. The van der Waals surface area contributed by atoms with Crippen LogP contribution in [-0.2, 0) is 9.59 Å². The Hall–Kier alpha value is -0.860. The molecule has 0 bridgehead atoms. The summed E-state index contributed by atoms with van der Waals surface area (Å²) in [6, 6.07) is -0.303. The Bertz CT molecular complexity index is 121. The van der Waals surface area contributed by atoms with Crippen LogP contribution in [0, 0.1) is 5.92 Å². The average Bonchev–Trinajstić information content (AvgIpc) is 2.05. The fourth-order valence-corrected chi connectivity index (χ4v) is 1.16. The molecule has 0 saturated carbocycles. The molecule has 0 aromatic heterocycles. The highest BCUT2D eigenvalue weighted by molar-refractivity contribution is 5.63. The summed E-state index contributed by atoms with van der Waals surface area (Å²) in [6.07, 6.45) is 3.21. The van der Waals surface area contributed by atoms with E-state index in [0.717, 1.165) is 19.1 Å². The molecule has 0 aliphatic carbocycles. The lowest BCUT2D eigenvalue weighted by Crippen LogP contribution is -2.36. The third kappa shape index (κ3) is 3.16. The maximum atomic E-state index is 10.4. The van der Waals surface area contributed by atoms with Gasteiger partial charge in [-0.15, -0.1) is 0 Å². The number of nitrogens with one attached hydrogen (secondary N) is 1. The Morgan fingerprint density at radius 2 is 1.82 bits per heavy atom. The van der Waals surface area contributed by atoms with Gasteiger partial charge in [-0.2, -0.15) is 0 Å². The van der Waals surface area contributed by atoms with Crippen LogP contribution in [0.5, 0.6) is 0 Å². The zero-order valence-corrected chi connectivity index (χ0v) is 7.04. The Kier molecular flexibility index (Phi) is 5.43. The lowest BCUT2D eigenvalue weighted by atomic mass is 9.95. The molecule has 64 valence electrons. The van der Waals surface area contributed by atoms with Gasteiger partial charge in [0, 0.05) is 0 Å². The molecule has 3 heteroatoms. The molecule has 11 heavy (non-hydrogen) atoms. The molecule has 0 radical (unpaired) electrons. The first-order valence-electron chi connectivity index (χ1n) is 3.95. The van der Waals surface area contributed by atoms with Crippen molar-refractivity contribution in [1.29, 1.82) is 0 Å². The molecule has 0 aromatic rings. The fraction of sp³-hybridized carbons (Fsp3) is 0.750. The lowest BCUT2D eigenvalue weighted by Gasteiger charge is -2.18. The van der Waals surface area contributed by atoms with Crippen LogP contribution in [0.1, 0.15) is 26.7 Å². The van der Waals surface area contributed by atoms with Crippen LogP contribution >= 0.6 is 0 Å². The monoisotopic (exact) mass is 157 g/mol. The summed E-state index contributed by atoms with van der Waals surface area (Å²) in [7, 11) is 0. The standard InChI is InChI=1S/C8H15NO2/c1-3-7(4-2)8(5-10)9-6-11/h5-8H,3-4H2,1-2H3,(H,9,11)/t8-/m0/s1. The quantitative estimate of drug-likeness (QED) is 0.578. The van der Waals surface area contributed by atoms with Crippen LogP contribution < -0.4 is 5.32 Å². The molecular weight excluding hydrogens is 142 g/mol. The maximum Gasteiger partial charge on any atom is 0.207 e. The van der Waals surface area contributed by atoms with Crippen molar-refractivity contribution in [3.8, 4) is 0 Å². The van der Waals surface area contributed by atoms with Gasteiger partial charge in [0.15, 0.2) is 0 Å². The van der Waals surface area contributed by atoms with Gasteiger partial charge >= 0.3 is 0 Å². The number of aldehydes is 1. The van der Waals surface area contributed by atoms with Crippen molar-refractivity contribution in [3.05, 3.63) is 0 Å². The van der Waals surface area contributed by atoms with E-state index >= 15 is 0 Å². The summed E-state index contributed by atoms with van der Waals surface area (Å²) in [5, 5.41) is 2.49. The number of carbonyl (C=O) groups excluding carboxylic acids is 2. The Labute approximate surface area is 67.2 Å². The molecule has 0 unspecified atom stereocenters. The van der Waals surface area contributed by atoms with Crippen LogP contribution in [0.25, 0.3) is 0 Å². The molecule has 0 aromatic carbocycles. The van der Waals surface area contributed by atoms with E-state index in [1.165, 1.54) is 0 Å². The number of carbonyl (C=O) groups is 2. The van der Waals surface area contributed by atoms with Crippen molar-refractivity contribution in [3.63, 3.8) is 0 Å². The summed E-state index contributed by atoms with van der Waals surface area (Å²) in [6.45, 7) is 4.02. The lowest BCUT2D eigenvalue weighted by molar-refractivity contribution is -0.116. The molecule has 0 rings (SSSR count). The SMILES string of the molecule is CCC(CC)[C@H](C=O)NC=O. The van der Waals surface area contributed by atoms with Crippen molar-refractivity contribution in [2.24, 2.45) is 5.92 Å². The van der Waals surface area contributed by atoms with Gasteiger partial charge in [-0.1, -0.05) is 26.7 Å². The van der Waals surface area contributed by atoms with Gasteiger partial charge in [0.25, 0.3) is 0 Å². The second-order valence-electron chi connectivity index (χ2n) is 2.52. The third-order valence-electron chi connectivity index (χ3n) is 1.96. The molecule has 0 fully saturated rings. The summed E-state index contributed by atoms with van der Waals surface area (Å²) >= 11 is 0. The van der Waals surface area contributed by atoms with E-state index < -0.39 is 0 Å². The van der Waals surface area contributed by atoms with Crippen molar-refractivity contribution in [1.82, 2.24) is 5.32 Å². The van der Waals surface area contributed by atoms with Gasteiger partial charge < -0.3 is 10.1 Å². The fourth-order valence-electron chi connectivity index (χ4n) is 1.16. The van der Waals surface area contributed by atoms with E-state index in [2.05, 4.69) is 5.32 Å². The predicted molar refractivity (Wildman–Crippen MR) is 43.1 cm³/mol. The third-order valence-corrected chi connectivity index (χ3v) is 1.96. The van der Waals surface area contributed by atoms with Gasteiger partial charge in [0.2, 0.25) is 6.41 Å². The Morgan fingerprint density at radius 1 is 1.27 bits per heavy atom. The number of hydrogen-bond acceptors (Lipinski definition) is 2. The van der Waals surface area contributed by atoms with Crippen molar-refractivity contribution in [2.45, 2.75) is 32.7 Å². The van der Waals surface area contributed by atoms with Gasteiger partial charge in [0.1, 0.15) is 6.29 Å². The second kappa shape index (κ2) is 5.89. The van der Waals surface area contributed by atoms with Crippen LogP contribution in [-0.4, -0.2) is 18.7 Å². The van der Waals surface area contributed by atoms with Crippen LogP contribution in [0.15, 0.2) is 0 Å². The minimum atomic E-state index is -0.303.